The third kappa shape index (κ3) is 4.08. The summed E-state index contributed by atoms with van der Waals surface area (Å²) in [5, 5.41) is 3.13. The van der Waals surface area contributed by atoms with E-state index in [0.717, 1.165) is 12.1 Å². The molecule has 2 aromatic carbocycles. The quantitative estimate of drug-likeness (QED) is 0.873. The molecule has 0 aliphatic heterocycles. The molecule has 0 aromatic heterocycles. The lowest BCUT2D eigenvalue weighted by Crippen LogP contribution is -2.30. The van der Waals surface area contributed by atoms with Crippen molar-refractivity contribution in [2.24, 2.45) is 0 Å². The van der Waals surface area contributed by atoms with Crippen LogP contribution in [-0.2, 0) is 4.79 Å². The molecule has 0 saturated heterocycles. The van der Waals surface area contributed by atoms with Crippen LogP contribution < -0.4 is 10.1 Å². The van der Waals surface area contributed by atoms with Gasteiger partial charge in [-0.2, -0.15) is 0 Å². The Bertz CT molecular complexity index is 710. The second-order valence-corrected chi connectivity index (χ2v) is 5.30. The molecule has 1 amide bonds. The van der Waals surface area contributed by atoms with Crippen LogP contribution in [0, 0.1) is 11.6 Å². The van der Waals surface area contributed by atoms with Crippen LogP contribution in [0.2, 0.25) is 10.0 Å². The monoisotopic (exact) mass is 345 g/mol. The van der Waals surface area contributed by atoms with E-state index in [9.17, 15) is 13.6 Å². The summed E-state index contributed by atoms with van der Waals surface area (Å²) in [4.78, 5) is 12.0. The van der Waals surface area contributed by atoms with Crippen LogP contribution in [0.4, 0.5) is 14.5 Å². The number of halogens is 4. The Morgan fingerprint density at radius 3 is 2.50 bits per heavy atom. The van der Waals surface area contributed by atoms with Gasteiger partial charge in [-0.05, 0) is 37.3 Å². The zero-order valence-electron chi connectivity index (χ0n) is 11.4. The molecule has 0 fully saturated rings. The maximum absolute atomic E-state index is 13.1. The highest BCUT2D eigenvalue weighted by Crippen LogP contribution is 2.28. The Labute approximate surface area is 135 Å². The van der Waals surface area contributed by atoms with E-state index in [0.29, 0.717) is 10.8 Å². The van der Waals surface area contributed by atoms with Crippen molar-refractivity contribution in [2.75, 3.05) is 5.32 Å². The van der Waals surface area contributed by atoms with Gasteiger partial charge in [0.1, 0.15) is 5.75 Å². The van der Waals surface area contributed by atoms with Gasteiger partial charge in [-0.15, -0.1) is 0 Å². The van der Waals surface area contributed by atoms with E-state index < -0.39 is 23.6 Å². The largest absolute Gasteiger partial charge is 0.479 e. The fourth-order valence-electron chi connectivity index (χ4n) is 1.63. The van der Waals surface area contributed by atoms with Gasteiger partial charge in [0.2, 0.25) is 0 Å². The Kier molecular flexibility index (Phi) is 5.21. The first-order chi connectivity index (χ1) is 10.4. The number of carbonyl (C=O) groups is 1. The molecule has 0 spiro atoms. The van der Waals surface area contributed by atoms with E-state index >= 15 is 0 Å². The van der Waals surface area contributed by atoms with Crippen molar-refractivity contribution < 1.29 is 18.3 Å². The molecule has 0 aliphatic carbocycles. The molecular weight excluding hydrogens is 335 g/mol. The van der Waals surface area contributed by atoms with Gasteiger partial charge in [0.25, 0.3) is 5.91 Å². The van der Waals surface area contributed by atoms with E-state index in [2.05, 4.69) is 5.32 Å². The Balaban J connectivity index is 2.04. The van der Waals surface area contributed by atoms with Crippen molar-refractivity contribution in [3.8, 4) is 5.75 Å². The molecule has 1 N–H and O–H groups in total. The second kappa shape index (κ2) is 6.94. The zero-order chi connectivity index (χ0) is 16.3. The van der Waals surface area contributed by atoms with Gasteiger partial charge in [-0.3, -0.25) is 4.79 Å². The van der Waals surface area contributed by atoms with Crippen LogP contribution in [0.25, 0.3) is 0 Å². The topological polar surface area (TPSA) is 38.3 Å². The van der Waals surface area contributed by atoms with Crippen molar-refractivity contribution in [1.29, 1.82) is 0 Å². The van der Waals surface area contributed by atoms with Gasteiger partial charge < -0.3 is 10.1 Å². The molecule has 22 heavy (non-hydrogen) atoms. The lowest BCUT2D eigenvalue weighted by atomic mass is 10.2. The average Bonchev–Trinajstić information content (AvgIpc) is 2.45. The molecule has 0 saturated carbocycles. The normalized spacial score (nSPS) is 11.9. The van der Waals surface area contributed by atoms with Crippen LogP contribution in [0.5, 0.6) is 5.75 Å². The Hall–Kier alpha value is -1.85. The number of ether oxygens (including phenoxy) is 1. The summed E-state index contributed by atoms with van der Waals surface area (Å²) in [7, 11) is 0. The summed E-state index contributed by atoms with van der Waals surface area (Å²) in [6, 6.07) is 7.65. The van der Waals surface area contributed by atoms with Crippen molar-refractivity contribution in [3.63, 3.8) is 0 Å². The minimum absolute atomic E-state index is 0.126. The molecule has 0 radical (unpaired) electrons. The fourth-order valence-corrected chi connectivity index (χ4v) is 2.09. The molecule has 0 bridgehead atoms. The summed E-state index contributed by atoms with van der Waals surface area (Å²) >= 11 is 11.7. The third-order valence-corrected chi connectivity index (χ3v) is 3.28. The lowest BCUT2D eigenvalue weighted by Gasteiger charge is -2.15. The fraction of sp³-hybridized carbons (Fsp3) is 0.133. The summed E-state index contributed by atoms with van der Waals surface area (Å²) in [6.45, 7) is 1.50. The van der Waals surface area contributed by atoms with Gasteiger partial charge >= 0.3 is 0 Å². The zero-order valence-corrected chi connectivity index (χ0v) is 12.9. The number of carbonyl (C=O) groups excluding carboxylic acids is 1. The number of benzene rings is 2. The predicted octanol–water partition coefficient (Wildman–Crippen LogP) is 4.68. The average molecular weight is 346 g/mol. The first-order valence-corrected chi connectivity index (χ1v) is 7.00. The number of hydrogen-bond acceptors (Lipinski definition) is 2. The molecule has 0 unspecified atom stereocenters. The summed E-state index contributed by atoms with van der Waals surface area (Å²) in [6.07, 6.45) is -0.896. The SMILES string of the molecule is C[C@@H](Oc1ccc(Cl)cc1Cl)C(=O)Nc1ccc(F)c(F)c1. The number of hydrogen-bond donors (Lipinski definition) is 1. The van der Waals surface area contributed by atoms with Crippen molar-refractivity contribution in [3.05, 3.63) is 58.1 Å². The molecule has 1 atom stereocenters. The van der Waals surface area contributed by atoms with E-state index in [-0.39, 0.29) is 10.7 Å². The highest BCUT2D eigenvalue weighted by molar-refractivity contribution is 6.35. The van der Waals surface area contributed by atoms with Crippen LogP contribution >= 0.6 is 23.2 Å². The first kappa shape index (κ1) is 16.5. The van der Waals surface area contributed by atoms with E-state index in [1.54, 1.807) is 6.07 Å². The van der Waals surface area contributed by atoms with Crippen LogP contribution in [0.1, 0.15) is 6.92 Å². The lowest BCUT2D eigenvalue weighted by molar-refractivity contribution is -0.122. The van der Waals surface area contributed by atoms with Crippen LogP contribution in [0.15, 0.2) is 36.4 Å². The number of amides is 1. The smallest absolute Gasteiger partial charge is 0.265 e. The summed E-state index contributed by atoms with van der Waals surface area (Å²) in [5.41, 5.74) is 0.126. The van der Waals surface area contributed by atoms with Crippen molar-refractivity contribution in [1.82, 2.24) is 0 Å². The minimum Gasteiger partial charge on any atom is -0.479 e. The maximum Gasteiger partial charge on any atom is 0.265 e. The van der Waals surface area contributed by atoms with E-state index in [4.69, 9.17) is 27.9 Å². The van der Waals surface area contributed by atoms with Crippen LogP contribution in [-0.4, -0.2) is 12.0 Å². The first-order valence-electron chi connectivity index (χ1n) is 6.24. The van der Waals surface area contributed by atoms with Crippen LogP contribution in [0.3, 0.4) is 0 Å². The van der Waals surface area contributed by atoms with Crippen molar-refractivity contribution >= 4 is 34.8 Å². The van der Waals surface area contributed by atoms with Gasteiger partial charge in [0.05, 0.1) is 5.02 Å². The van der Waals surface area contributed by atoms with E-state index in [1.807, 2.05) is 0 Å². The molecular formula is C15H11Cl2F2NO2. The van der Waals surface area contributed by atoms with Gasteiger partial charge in [0.15, 0.2) is 17.7 Å². The minimum atomic E-state index is -1.05. The molecule has 2 aromatic rings. The number of rotatable bonds is 4. The molecule has 0 heterocycles. The summed E-state index contributed by atoms with van der Waals surface area (Å²) < 4.78 is 31.3. The standard InChI is InChI=1S/C15H11Cl2F2NO2/c1-8(22-14-5-2-9(16)6-11(14)17)15(21)20-10-3-4-12(18)13(19)7-10/h2-8H,1H3,(H,20,21)/t8-/m1/s1. The summed E-state index contributed by atoms with van der Waals surface area (Å²) in [5.74, 6) is -2.28. The molecule has 2 rings (SSSR count). The van der Waals surface area contributed by atoms with Crippen molar-refractivity contribution in [2.45, 2.75) is 13.0 Å². The molecule has 3 nitrogen and oxygen atoms in total. The maximum atomic E-state index is 13.1. The second-order valence-electron chi connectivity index (χ2n) is 4.45. The molecule has 7 heteroatoms. The highest BCUT2D eigenvalue weighted by atomic mass is 35.5. The Morgan fingerprint density at radius 2 is 1.86 bits per heavy atom. The van der Waals surface area contributed by atoms with Gasteiger partial charge in [-0.25, -0.2) is 8.78 Å². The highest BCUT2D eigenvalue weighted by Gasteiger charge is 2.17. The van der Waals surface area contributed by atoms with Gasteiger partial charge in [0, 0.05) is 16.8 Å². The van der Waals surface area contributed by atoms with E-state index in [1.165, 1.54) is 25.1 Å². The molecule has 0 aliphatic rings. The third-order valence-electron chi connectivity index (χ3n) is 2.75. The van der Waals surface area contributed by atoms with Gasteiger partial charge in [-0.1, -0.05) is 23.2 Å². The number of anilines is 1. The number of nitrogens with one attached hydrogen (secondary N) is 1. The Morgan fingerprint density at radius 1 is 1.14 bits per heavy atom. The predicted molar refractivity (Wildman–Crippen MR) is 81.5 cm³/mol. The molecule has 116 valence electrons.